The van der Waals surface area contributed by atoms with Gasteiger partial charge < -0.3 is 5.73 Å². The van der Waals surface area contributed by atoms with Crippen LogP contribution in [0.3, 0.4) is 0 Å². The molecule has 3 heteroatoms. The molecule has 1 unspecified atom stereocenters. The third-order valence-electron chi connectivity index (χ3n) is 4.57. The third kappa shape index (κ3) is 1.36. The van der Waals surface area contributed by atoms with Crippen LogP contribution in [0.15, 0.2) is 24.3 Å². The quantitative estimate of drug-likeness (QED) is 0.768. The molecule has 1 spiro atoms. The maximum absolute atomic E-state index is 12.4. The maximum atomic E-state index is 12.4. The van der Waals surface area contributed by atoms with Gasteiger partial charge in [-0.2, -0.15) is 0 Å². The minimum absolute atomic E-state index is 0.0694. The Balaban J connectivity index is 2.19. The fourth-order valence-electron chi connectivity index (χ4n) is 3.84. The summed E-state index contributed by atoms with van der Waals surface area (Å²) in [7, 11) is 0. The fraction of sp³-hybridized carbons (Fsp3) is 0.467. The molecular weight excluding hydrogens is 226 g/mol. The van der Waals surface area contributed by atoms with Gasteiger partial charge in [0.15, 0.2) is 5.78 Å². The summed E-state index contributed by atoms with van der Waals surface area (Å²) < 4.78 is 0. The van der Waals surface area contributed by atoms with Gasteiger partial charge in [-0.15, -0.1) is 0 Å². The molecule has 0 aliphatic heterocycles. The van der Waals surface area contributed by atoms with Crippen molar-refractivity contribution in [3.05, 3.63) is 35.4 Å². The Labute approximate surface area is 106 Å². The fourth-order valence-corrected chi connectivity index (χ4v) is 3.84. The number of nitrogens with two attached hydrogens (primary N) is 1. The smallest absolute Gasteiger partial charge is 0.229 e. The van der Waals surface area contributed by atoms with Crippen molar-refractivity contribution in [2.24, 2.45) is 11.7 Å². The number of ketones is 1. The van der Waals surface area contributed by atoms with E-state index in [1.165, 1.54) is 6.42 Å². The first-order valence-corrected chi connectivity index (χ1v) is 6.60. The highest BCUT2D eigenvalue weighted by Gasteiger charge is 2.54. The zero-order valence-electron chi connectivity index (χ0n) is 10.3. The zero-order valence-corrected chi connectivity index (χ0v) is 10.3. The molecule has 1 atom stereocenters. The SMILES string of the molecule is NC(=O)C1C(=O)c2ccccc2C12CCCCC2. The van der Waals surface area contributed by atoms with Gasteiger partial charge in [0.1, 0.15) is 5.92 Å². The van der Waals surface area contributed by atoms with Crippen LogP contribution < -0.4 is 5.73 Å². The van der Waals surface area contributed by atoms with E-state index in [4.69, 9.17) is 5.73 Å². The van der Waals surface area contributed by atoms with Gasteiger partial charge in [-0.1, -0.05) is 43.5 Å². The molecule has 0 aromatic heterocycles. The number of primary amides is 1. The molecule has 0 saturated heterocycles. The molecule has 1 fully saturated rings. The molecule has 1 saturated carbocycles. The summed E-state index contributed by atoms with van der Waals surface area (Å²) in [6.45, 7) is 0. The zero-order chi connectivity index (χ0) is 12.8. The Hall–Kier alpha value is -1.64. The molecule has 1 amide bonds. The van der Waals surface area contributed by atoms with E-state index in [1.807, 2.05) is 24.3 Å². The normalized spacial score (nSPS) is 25.1. The minimum Gasteiger partial charge on any atom is -0.369 e. The number of amides is 1. The third-order valence-corrected chi connectivity index (χ3v) is 4.57. The second-order valence-electron chi connectivity index (χ2n) is 5.46. The maximum Gasteiger partial charge on any atom is 0.229 e. The van der Waals surface area contributed by atoms with Crippen LogP contribution >= 0.6 is 0 Å². The lowest BCUT2D eigenvalue weighted by Crippen LogP contribution is -2.43. The van der Waals surface area contributed by atoms with Gasteiger partial charge in [-0.05, 0) is 18.4 Å². The van der Waals surface area contributed by atoms with Crippen molar-refractivity contribution in [3.63, 3.8) is 0 Å². The van der Waals surface area contributed by atoms with Crippen LogP contribution in [0.5, 0.6) is 0 Å². The molecule has 3 nitrogen and oxygen atoms in total. The molecule has 0 radical (unpaired) electrons. The lowest BCUT2D eigenvalue weighted by Gasteiger charge is -2.37. The van der Waals surface area contributed by atoms with E-state index in [0.717, 1.165) is 31.2 Å². The van der Waals surface area contributed by atoms with E-state index in [9.17, 15) is 9.59 Å². The van der Waals surface area contributed by atoms with Crippen molar-refractivity contribution >= 4 is 11.7 Å². The summed E-state index contributed by atoms with van der Waals surface area (Å²) in [6, 6.07) is 7.64. The number of rotatable bonds is 1. The molecule has 0 heterocycles. The molecule has 94 valence electrons. The van der Waals surface area contributed by atoms with E-state index in [2.05, 4.69) is 0 Å². The number of hydrogen-bond acceptors (Lipinski definition) is 2. The van der Waals surface area contributed by atoms with Gasteiger partial charge in [-0.3, -0.25) is 9.59 Å². The van der Waals surface area contributed by atoms with Crippen LogP contribution in [0, 0.1) is 5.92 Å². The van der Waals surface area contributed by atoms with Crippen LogP contribution in [-0.4, -0.2) is 11.7 Å². The molecule has 2 N–H and O–H groups in total. The summed E-state index contributed by atoms with van der Waals surface area (Å²) in [5.74, 6) is -1.17. The van der Waals surface area contributed by atoms with E-state index in [0.29, 0.717) is 5.56 Å². The number of benzene rings is 1. The van der Waals surface area contributed by atoms with E-state index in [-0.39, 0.29) is 11.2 Å². The summed E-state index contributed by atoms with van der Waals surface area (Å²) >= 11 is 0. The van der Waals surface area contributed by atoms with Crippen molar-refractivity contribution in [3.8, 4) is 0 Å². The molecule has 3 rings (SSSR count). The van der Waals surface area contributed by atoms with Crippen LogP contribution in [0.2, 0.25) is 0 Å². The van der Waals surface area contributed by atoms with Crippen LogP contribution in [0.1, 0.15) is 48.0 Å². The van der Waals surface area contributed by atoms with Crippen molar-refractivity contribution < 1.29 is 9.59 Å². The highest BCUT2D eigenvalue weighted by atomic mass is 16.2. The lowest BCUT2D eigenvalue weighted by atomic mass is 9.65. The van der Waals surface area contributed by atoms with Crippen molar-refractivity contribution in [1.82, 2.24) is 0 Å². The lowest BCUT2D eigenvalue weighted by molar-refractivity contribution is -0.122. The van der Waals surface area contributed by atoms with Gasteiger partial charge in [0.25, 0.3) is 0 Å². The topological polar surface area (TPSA) is 60.2 Å². The first-order chi connectivity index (χ1) is 8.67. The van der Waals surface area contributed by atoms with Crippen molar-refractivity contribution in [2.45, 2.75) is 37.5 Å². The Kier molecular flexibility index (Phi) is 2.51. The molecule has 1 aromatic rings. The minimum atomic E-state index is -0.643. The van der Waals surface area contributed by atoms with Gasteiger partial charge in [0, 0.05) is 11.0 Å². The van der Waals surface area contributed by atoms with Crippen molar-refractivity contribution in [1.29, 1.82) is 0 Å². The van der Waals surface area contributed by atoms with E-state index >= 15 is 0 Å². The Morgan fingerprint density at radius 3 is 2.50 bits per heavy atom. The van der Waals surface area contributed by atoms with Crippen LogP contribution in [-0.2, 0) is 10.2 Å². The summed E-state index contributed by atoms with van der Waals surface area (Å²) in [4.78, 5) is 24.2. The highest BCUT2D eigenvalue weighted by Crippen LogP contribution is 2.51. The number of Topliss-reactive ketones (excluding diaryl/α,β-unsaturated/α-hetero) is 1. The van der Waals surface area contributed by atoms with Gasteiger partial charge in [-0.25, -0.2) is 0 Å². The molecule has 0 bridgehead atoms. The Bertz CT molecular complexity index is 515. The number of carbonyl (C=O) groups excluding carboxylic acids is 2. The summed E-state index contributed by atoms with van der Waals surface area (Å²) in [5, 5.41) is 0. The standard InChI is InChI=1S/C15H17NO2/c16-14(18)12-13(17)10-6-2-3-7-11(10)15(12)8-4-1-5-9-15/h2-3,6-7,12H,1,4-5,8-9H2,(H2,16,18). The predicted molar refractivity (Wildman–Crippen MR) is 68.2 cm³/mol. The average molecular weight is 243 g/mol. The van der Waals surface area contributed by atoms with Gasteiger partial charge in [0.05, 0.1) is 0 Å². The number of carbonyl (C=O) groups is 2. The predicted octanol–water partition coefficient (Wildman–Crippen LogP) is 2.19. The number of hydrogen-bond donors (Lipinski definition) is 1. The summed E-state index contributed by atoms with van der Waals surface area (Å²) in [5.41, 5.74) is 6.97. The average Bonchev–Trinajstić information content (AvgIpc) is 2.61. The molecule has 1 aromatic carbocycles. The molecule has 18 heavy (non-hydrogen) atoms. The molecule has 2 aliphatic carbocycles. The van der Waals surface area contributed by atoms with E-state index < -0.39 is 11.8 Å². The van der Waals surface area contributed by atoms with E-state index in [1.54, 1.807) is 0 Å². The largest absolute Gasteiger partial charge is 0.369 e. The Morgan fingerprint density at radius 2 is 1.83 bits per heavy atom. The second-order valence-corrected chi connectivity index (χ2v) is 5.46. The van der Waals surface area contributed by atoms with Gasteiger partial charge in [0.2, 0.25) is 5.91 Å². The van der Waals surface area contributed by atoms with Crippen LogP contribution in [0.4, 0.5) is 0 Å². The first-order valence-electron chi connectivity index (χ1n) is 6.60. The molecular formula is C15H17NO2. The Morgan fingerprint density at radius 1 is 1.17 bits per heavy atom. The first kappa shape index (κ1) is 11.5. The van der Waals surface area contributed by atoms with Crippen molar-refractivity contribution in [2.75, 3.05) is 0 Å². The number of fused-ring (bicyclic) bond motifs is 2. The molecule has 2 aliphatic rings. The highest BCUT2D eigenvalue weighted by molar-refractivity contribution is 6.15. The monoisotopic (exact) mass is 243 g/mol. The van der Waals surface area contributed by atoms with Crippen LogP contribution in [0.25, 0.3) is 0 Å². The summed E-state index contributed by atoms with van der Waals surface area (Å²) in [6.07, 6.45) is 5.15. The second kappa shape index (κ2) is 3.94. The van der Waals surface area contributed by atoms with Gasteiger partial charge >= 0.3 is 0 Å².